The van der Waals surface area contributed by atoms with Crippen LogP contribution >= 0.6 is 37.9 Å². The number of amidine groups is 1. The molecule has 0 aromatic carbocycles. The summed E-state index contributed by atoms with van der Waals surface area (Å²) in [6.07, 6.45) is -7.59. The molecule has 44 heavy (non-hydrogen) atoms. The number of aromatic nitrogens is 4. The number of nitrogens with zero attached hydrogens (tertiary/aromatic N) is 8. The molecule has 7 rings (SSSR count). The fourth-order valence-corrected chi connectivity index (χ4v) is 8.89. The number of nitrogens with one attached hydrogen (secondary N) is 2. The summed E-state index contributed by atoms with van der Waals surface area (Å²) in [5, 5.41) is 5.16. The van der Waals surface area contributed by atoms with Gasteiger partial charge in [0.15, 0.2) is 42.4 Å². The number of nitrogens with two attached hydrogens (primary N) is 2. The van der Waals surface area contributed by atoms with Crippen LogP contribution in [0.4, 0.5) is 14.6 Å². The maximum absolute atomic E-state index is 16.0. The minimum Gasteiger partial charge on any atom is -0.385 e. The molecule has 0 radical (unpaired) electrons. The van der Waals surface area contributed by atoms with Crippen LogP contribution in [0.2, 0.25) is 0 Å². The predicted molar refractivity (Wildman–Crippen MR) is 159 cm³/mol. The average molecular weight is 695 g/mol. The number of nitrogen functional groups attached to an aromatic ring is 1. The average Bonchev–Trinajstić information content (AvgIpc) is 3.73. The Morgan fingerprint density at radius 1 is 0.932 bits per heavy atom. The third-order valence-corrected chi connectivity index (χ3v) is 11.3. The van der Waals surface area contributed by atoms with Crippen LogP contribution in [0.5, 0.6) is 0 Å². The Morgan fingerprint density at radius 2 is 1.57 bits per heavy atom. The second kappa shape index (κ2) is 11.2. The molecule has 0 saturated carbocycles. The first-order valence-electron chi connectivity index (χ1n) is 13.1. The van der Waals surface area contributed by atoms with Crippen LogP contribution in [0.25, 0.3) is 11.2 Å². The third-order valence-electron chi connectivity index (χ3n) is 7.68. The lowest BCUT2D eigenvalue weighted by atomic mass is 10.1. The normalized spacial score (nSPS) is 44.1. The zero-order valence-electron chi connectivity index (χ0n) is 22.2. The molecular weight excluding hydrogens is 668 g/mol. The highest BCUT2D eigenvalue weighted by Crippen LogP contribution is 2.55. The first kappa shape index (κ1) is 30.4. The number of fused-ring (bicyclic) bond motifs is 4. The zero-order chi connectivity index (χ0) is 31.0. The van der Waals surface area contributed by atoms with Gasteiger partial charge in [0.2, 0.25) is 0 Å². The van der Waals surface area contributed by atoms with Gasteiger partial charge in [-0.05, 0) is 0 Å². The van der Waals surface area contributed by atoms with E-state index in [1.54, 1.807) is 0 Å². The number of halogens is 2. The van der Waals surface area contributed by atoms with Crippen LogP contribution < -0.4 is 21.6 Å². The maximum atomic E-state index is 16.0. The van der Waals surface area contributed by atoms with Crippen LogP contribution in [0.3, 0.4) is 0 Å². The fraction of sp³-hybridized carbons (Fsp3) is 0.600. The third kappa shape index (κ3) is 5.33. The molecule has 0 bridgehead atoms. The molecule has 4 unspecified atom stereocenters. The maximum Gasteiger partial charge on any atom is 0.324 e. The van der Waals surface area contributed by atoms with Crippen LogP contribution in [0.1, 0.15) is 6.23 Å². The molecule has 0 spiro atoms. The first-order valence-corrected chi connectivity index (χ1v) is 18.7. The van der Waals surface area contributed by atoms with Gasteiger partial charge in [0.25, 0.3) is 0 Å². The highest BCUT2D eigenvalue weighted by molar-refractivity contribution is 8.45. The molecule has 5 aliphatic rings. The number of aliphatic imine (C=N–C) groups is 3. The number of anilines is 1. The highest BCUT2D eigenvalue weighted by atomic mass is 32.7. The summed E-state index contributed by atoms with van der Waals surface area (Å²) in [5.74, 6) is 0.268. The summed E-state index contributed by atoms with van der Waals surface area (Å²) >= 11 is 8.27. The van der Waals surface area contributed by atoms with Gasteiger partial charge in [0.1, 0.15) is 54.5 Å². The van der Waals surface area contributed by atoms with Gasteiger partial charge in [0.05, 0.1) is 12.7 Å². The lowest BCUT2D eigenvalue weighted by Crippen LogP contribution is -2.50. The number of hydrogen-bond donors (Lipinski definition) is 6. The number of hydrogen-bond acceptors (Lipinski definition) is 15. The SMILES string of the molecule is NC1=NC=NC2C1N=CN2[C@@H]1O[C@@H]2CNP(=O)(S)O[C@H]3[C@@H](F)[C@H](n4cnc5c(N)ncnc54)O[C@@H]3CNP(=O)(S)O[C@H]2[C@H]1F. The minimum absolute atomic E-state index is 0.0752. The number of thiol groups is 2. The van der Waals surface area contributed by atoms with Crippen LogP contribution in [0.15, 0.2) is 27.6 Å². The van der Waals surface area contributed by atoms with E-state index in [0.717, 1.165) is 0 Å². The molecule has 24 heteroatoms. The molecule has 18 nitrogen and oxygen atoms in total. The van der Waals surface area contributed by atoms with Gasteiger partial charge in [0, 0.05) is 13.1 Å². The summed E-state index contributed by atoms with van der Waals surface area (Å²) in [6.45, 7) is -8.92. The van der Waals surface area contributed by atoms with E-state index >= 15 is 8.78 Å². The lowest BCUT2D eigenvalue weighted by Gasteiger charge is -2.31. The van der Waals surface area contributed by atoms with Gasteiger partial charge in [-0.1, -0.05) is 24.5 Å². The Kier molecular flexibility index (Phi) is 7.75. The Balaban J connectivity index is 1.13. The Hall–Kier alpha value is -2.26. The predicted octanol–water partition coefficient (Wildman–Crippen LogP) is 0.184. The van der Waals surface area contributed by atoms with Crippen molar-refractivity contribution in [2.75, 3.05) is 18.8 Å². The largest absolute Gasteiger partial charge is 0.385 e. The summed E-state index contributed by atoms with van der Waals surface area (Å²) in [5.41, 5.74) is 12.2. The van der Waals surface area contributed by atoms with E-state index < -0.39 is 74.9 Å². The molecule has 3 fully saturated rings. The molecule has 5 aliphatic heterocycles. The van der Waals surface area contributed by atoms with Crippen molar-refractivity contribution in [2.45, 2.75) is 61.4 Å². The van der Waals surface area contributed by atoms with E-state index in [4.69, 9.17) is 30.0 Å². The van der Waals surface area contributed by atoms with Crippen LogP contribution in [-0.2, 0) is 27.7 Å². The van der Waals surface area contributed by atoms with Gasteiger partial charge < -0.3 is 34.9 Å². The number of ether oxygens (including phenoxy) is 2. The van der Waals surface area contributed by atoms with Crippen molar-refractivity contribution in [3.63, 3.8) is 0 Å². The van der Waals surface area contributed by atoms with Gasteiger partial charge in [-0.3, -0.25) is 18.7 Å². The summed E-state index contributed by atoms with van der Waals surface area (Å²) in [4.78, 5) is 25.9. The number of rotatable bonds is 2. The Morgan fingerprint density at radius 3 is 2.25 bits per heavy atom. The number of alkyl halides is 2. The molecule has 7 heterocycles. The van der Waals surface area contributed by atoms with Gasteiger partial charge in [-0.15, -0.1) is 0 Å². The van der Waals surface area contributed by atoms with E-state index in [1.165, 1.54) is 34.8 Å². The van der Waals surface area contributed by atoms with Gasteiger partial charge in [-0.25, -0.2) is 43.9 Å². The molecular formula is C20H26F2N12O6P2S2. The van der Waals surface area contributed by atoms with Crippen molar-refractivity contribution in [1.82, 2.24) is 34.6 Å². The highest BCUT2D eigenvalue weighted by Gasteiger charge is 2.55. The molecule has 2 aromatic heterocycles. The Labute approximate surface area is 257 Å². The van der Waals surface area contributed by atoms with Gasteiger partial charge >= 0.3 is 13.4 Å². The van der Waals surface area contributed by atoms with E-state index in [2.05, 4.69) is 64.6 Å². The first-order chi connectivity index (χ1) is 20.9. The van der Waals surface area contributed by atoms with Crippen molar-refractivity contribution < 1.29 is 36.4 Å². The van der Waals surface area contributed by atoms with Crippen molar-refractivity contribution in [2.24, 2.45) is 20.7 Å². The van der Waals surface area contributed by atoms with E-state index in [9.17, 15) is 9.13 Å². The summed E-state index contributed by atoms with van der Waals surface area (Å²) in [7, 11) is 0. The molecule has 2 aromatic rings. The molecule has 3 saturated heterocycles. The van der Waals surface area contributed by atoms with E-state index in [1.807, 2.05) is 0 Å². The number of imidazole rings is 1. The smallest absolute Gasteiger partial charge is 0.324 e. The second-order valence-electron chi connectivity index (χ2n) is 10.4. The van der Waals surface area contributed by atoms with Crippen LogP contribution in [0, 0.1) is 0 Å². The fourth-order valence-electron chi connectivity index (χ4n) is 5.61. The topological polar surface area (TPSA) is 231 Å². The molecule has 0 aliphatic carbocycles. The van der Waals surface area contributed by atoms with Crippen molar-refractivity contribution in [1.29, 1.82) is 0 Å². The summed E-state index contributed by atoms with van der Waals surface area (Å²) in [6, 6.07) is -0.646. The second-order valence-corrected chi connectivity index (χ2v) is 16.7. The van der Waals surface area contributed by atoms with Crippen LogP contribution in [-0.4, -0.2) is 111 Å². The monoisotopic (exact) mass is 694 g/mol. The molecule has 238 valence electrons. The molecule has 6 N–H and O–H groups in total. The summed E-state index contributed by atoms with van der Waals surface area (Å²) < 4.78 is 83.5. The van der Waals surface area contributed by atoms with E-state index in [-0.39, 0.29) is 35.9 Å². The van der Waals surface area contributed by atoms with E-state index in [0.29, 0.717) is 0 Å². The zero-order valence-corrected chi connectivity index (χ0v) is 25.8. The van der Waals surface area contributed by atoms with Crippen molar-refractivity contribution >= 4 is 73.4 Å². The lowest BCUT2D eigenvalue weighted by molar-refractivity contribution is -0.0512. The van der Waals surface area contributed by atoms with Crippen molar-refractivity contribution in [3.8, 4) is 0 Å². The standard InChI is InChI=1S/C20H26F2N12O6P2S2/c21-9-13-7(37-19(9)33-5-29-11-15(23)25-3-27-17(11)33)1-31-41(35,43)40-14-8(2-32-42(36,44)39-13)38-20(10(14)22)34-6-30-12-16(24)26-4-28-18(12)34/h3-11,13-14,17,19-20H,1-2H2,(H2,23,25,27)(H2,24,26,28)(H2,31,35,43)(H2,32,36,44)/t7-,8-,9-,10-,11?,13-,14-,17?,19-,20-,41?,42?/m1/s1. The minimum atomic E-state index is -4.10. The molecule has 0 amide bonds. The Bertz CT molecular complexity index is 1660. The van der Waals surface area contributed by atoms with Gasteiger partial charge in [-0.2, -0.15) is 0 Å². The quantitative estimate of drug-likeness (QED) is 0.182. The van der Waals surface area contributed by atoms with Crippen molar-refractivity contribution in [3.05, 3.63) is 12.7 Å². The molecule has 12 atom stereocenters.